The zero-order chi connectivity index (χ0) is 22.4. The standard InChI is InChI=1S/C12H23N.C9H12N2O5S/c1-3-7-11(8-4-1)13-12-9-5-2-6-10-12;1-5(12)11-7(9(15)16)4-17-3-6(2-10)8(13)14/h11-13H,1-10H2;6-7H,3-4H2,1H3,(H,11,12)(H,13,14)(H,15,16). The summed E-state index contributed by atoms with van der Waals surface area (Å²) >= 11 is 0.994. The first-order valence-corrected chi connectivity index (χ1v) is 11.9. The van der Waals surface area contributed by atoms with E-state index in [-0.39, 0.29) is 11.5 Å². The summed E-state index contributed by atoms with van der Waals surface area (Å²) in [6, 6.07) is 2.26. The maximum atomic E-state index is 10.7. The SMILES string of the molecule is C1CCC(NC2CCCCC2)CC1.CC(=O)NC(CSCC(C#N)C(=O)O)C(=O)O. The van der Waals surface area contributed by atoms with Crippen LogP contribution in [0.5, 0.6) is 0 Å². The van der Waals surface area contributed by atoms with E-state index in [1.54, 1.807) is 6.07 Å². The van der Waals surface area contributed by atoms with E-state index in [4.69, 9.17) is 15.5 Å². The van der Waals surface area contributed by atoms with Gasteiger partial charge in [-0.3, -0.25) is 9.59 Å². The third-order valence-corrected chi connectivity index (χ3v) is 6.52. The van der Waals surface area contributed by atoms with Gasteiger partial charge in [0.25, 0.3) is 0 Å². The second-order valence-electron chi connectivity index (χ2n) is 7.99. The van der Waals surface area contributed by atoms with Crippen LogP contribution in [0, 0.1) is 17.2 Å². The van der Waals surface area contributed by atoms with Gasteiger partial charge < -0.3 is 20.8 Å². The number of hydrogen-bond acceptors (Lipinski definition) is 6. The molecule has 2 atom stereocenters. The molecule has 2 rings (SSSR count). The molecule has 4 N–H and O–H groups in total. The number of hydrogen-bond donors (Lipinski definition) is 4. The molecule has 2 aliphatic carbocycles. The average Bonchev–Trinajstić information content (AvgIpc) is 2.71. The van der Waals surface area contributed by atoms with Gasteiger partial charge in [0.15, 0.2) is 5.92 Å². The predicted molar refractivity (Wildman–Crippen MR) is 116 cm³/mol. The minimum absolute atomic E-state index is 0.0143. The zero-order valence-corrected chi connectivity index (χ0v) is 18.6. The highest BCUT2D eigenvalue weighted by Crippen LogP contribution is 2.22. The zero-order valence-electron chi connectivity index (χ0n) is 17.8. The van der Waals surface area contributed by atoms with E-state index in [2.05, 4.69) is 10.6 Å². The number of amides is 1. The number of thioether (sulfide) groups is 1. The Balaban J connectivity index is 0.000000308. The third kappa shape index (κ3) is 11.4. The molecule has 30 heavy (non-hydrogen) atoms. The molecule has 0 aromatic heterocycles. The van der Waals surface area contributed by atoms with Crippen LogP contribution in [0.15, 0.2) is 0 Å². The van der Waals surface area contributed by atoms with Crippen LogP contribution in [0.1, 0.15) is 71.1 Å². The lowest BCUT2D eigenvalue weighted by molar-refractivity contribution is -0.140. The lowest BCUT2D eigenvalue weighted by Gasteiger charge is -2.30. The Labute approximate surface area is 183 Å². The van der Waals surface area contributed by atoms with Gasteiger partial charge in [0, 0.05) is 30.5 Å². The van der Waals surface area contributed by atoms with E-state index in [9.17, 15) is 14.4 Å². The molecule has 0 aromatic carbocycles. The van der Waals surface area contributed by atoms with Crippen molar-refractivity contribution in [2.24, 2.45) is 5.92 Å². The Bertz CT molecular complexity index is 568. The first-order valence-electron chi connectivity index (χ1n) is 10.8. The van der Waals surface area contributed by atoms with E-state index in [0.29, 0.717) is 0 Å². The molecule has 2 aliphatic rings. The number of aliphatic carboxylic acids is 2. The fourth-order valence-corrected chi connectivity index (χ4v) is 4.81. The quantitative estimate of drug-likeness (QED) is 0.428. The van der Waals surface area contributed by atoms with E-state index in [1.165, 1.54) is 71.1 Å². The number of carboxylic acid groups (broad SMARTS) is 2. The van der Waals surface area contributed by atoms with Crippen molar-refractivity contribution in [1.29, 1.82) is 5.26 Å². The van der Waals surface area contributed by atoms with Crippen LogP contribution >= 0.6 is 11.8 Å². The normalized spacial score (nSPS) is 19.5. The van der Waals surface area contributed by atoms with Crippen LogP contribution in [0.25, 0.3) is 0 Å². The van der Waals surface area contributed by atoms with Gasteiger partial charge in [0.2, 0.25) is 5.91 Å². The molecule has 2 unspecified atom stereocenters. The lowest BCUT2D eigenvalue weighted by atomic mass is 9.91. The topological polar surface area (TPSA) is 140 Å². The Kier molecular flexibility index (Phi) is 13.2. The van der Waals surface area contributed by atoms with Crippen LogP contribution in [0.2, 0.25) is 0 Å². The number of carbonyl (C=O) groups excluding carboxylic acids is 1. The van der Waals surface area contributed by atoms with Gasteiger partial charge in [-0.15, -0.1) is 0 Å². The summed E-state index contributed by atoms with van der Waals surface area (Å²) < 4.78 is 0. The second kappa shape index (κ2) is 15.1. The average molecular weight is 442 g/mol. The summed E-state index contributed by atoms with van der Waals surface area (Å²) in [5, 5.41) is 31.9. The van der Waals surface area contributed by atoms with E-state index >= 15 is 0 Å². The maximum Gasteiger partial charge on any atom is 0.327 e. The molecule has 0 aromatic rings. The summed E-state index contributed by atoms with van der Waals surface area (Å²) in [6.45, 7) is 1.19. The molecule has 0 radical (unpaired) electrons. The molecule has 0 spiro atoms. The molecule has 170 valence electrons. The summed E-state index contributed by atoms with van der Waals surface area (Å²) in [7, 11) is 0. The van der Waals surface area contributed by atoms with E-state index < -0.39 is 29.8 Å². The van der Waals surface area contributed by atoms with Gasteiger partial charge in [-0.1, -0.05) is 38.5 Å². The highest BCUT2D eigenvalue weighted by atomic mass is 32.2. The largest absolute Gasteiger partial charge is 0.480 e. The van der Waals surface area contributed by atoms with Gasteiger partial charge in [0.1, 0.15) is 6.04 Å². The summed E-state index contributed by atoms with van der Waals surface area (Å²) in [5.74, 6) is -4.10. The molecule has 0 bridgehead atoms. The van der Waals surface area contributed by atoms with Gasteiger partial charge in [-0.25, -0.2) is 4.79 Å². The van der Waals surface area contributed by atoms with Crippen molar-refractivity contribution < 1.29 is 24.6 Å². The fourth-order valence-electron chi connectivity index (χ4n) is 3.76. The molecule has 1 amide bonds. The van der Waals surface area contributed by atoms with Crippen LogP contribution in [-0.2, 0) is 14.4 Å². The molecular formula is C21H35N3O5S. The fraction of sp³-hybridized carbons (Fsp3) is 0.810. The highest BCUT2D eigenvalue weighted by Gasteiger charge is 2.21. The maximum absolute atomic E-state index is 10.7. The Morgan fingerprint density at radius 3 is 1.80 bits per heavy atom. The van der Waals surface area contributed by atoms with Crippen LogP contribution in [-0.4, -0.2) is 57.7 Å². The third-order valence-electron chi connectivity index (χ3n) is 5.38. The first kappa shape index (κ1) is 26.2. The van der Waals surface area contributed by atoms with E-state index in [1.807, 2.05) is 0 Å². The molecule has 0 aliphatic heterocycles. The van der Waals surface area contributed by atoms with Crippen molar-refractivity contribution >= 4 is 29.6 Å². The lowest BCUT2D eigenvalue weighted by Crippen LogP contribution is -2.41. The number of carboxylic acids is 2. The van der Waals surface area contributed by atoms with Gasteiger partial charge in [0.05, 0.1) is 6.07 Å². The van der Waals surface area contributed by atoms with Crippen molar-refractivity contribution in [1.82, 2.24) is 10.6 Å². The van der Waals surface area contributed by atoms with Crippen molar-refractivity contribution in [3.63, 3.8) is 0 Å². The smallest absolute Gasteiger partial charge is 0.327 e. The number of carbonyl (C=O) groups is 3. The molecular weight excluding hydrogens is 406 g/mol. The molecule has 9 heteroatoms. The summed E-state index contributed by atoms with van der Waals surface area (Å²) in [6.07, 6.45) is 14.6. The molecule has 0 saturated heterocycles. The molecule has 2 saturated carbocycles. The van der Waals surface area contributed by atoms with Gasteiger partial charge in [-0.05, 0) is 25.7 Å². The van der Waals surface area contributed by atoms with Crippen LogP contribution in [0.4, 0.5) is 0 Å². The molecule has 0 heterocycles. The predicted octanol–water partition coefficient (Wildman–Crippen LogP) is 2.77. The summed E-state index contributed by atoms with van der Waals surface area (Å²) in [5.41, 5.74) is 0. The number of nitrogens with zero attached hydrogens (tertiary/aromatic N) is 1. The highest BCUT2D eigenvalue weighted by molar-refractivity contribution is 7.99. The molecule has 2 fully saturated rings. The number of nitrogens with one attached hydrogen (secondary N) is 2. The Hall–Kier alpha value is -1.79. The van der Waals surface area contributed by atoms with Gasteiger partial charge >= 0.3 is 11.9 Å². The van der Waals surface area contributed by atoms with Gasteiger partial charge in [-0.2, -0.15) is 17.0 Å². The summed E-state index contributed by atoms with van der Waals surface area (Å²) in [4.78, 5) is 31.9. The monoisotopic (exact) mass is 441 g/mol. The molecule has 8 nitrogen and oxygen atoms in total. The number of rotatable bonds is 9. The minimum atomic E-state index is -1.24. The van der Waals surface area contributed by atoms with Crippen molar-refractivity contribution in [2.75, 3.05) is 11.5 Å². The minimum Gasteiger partial charge on any atom is -0.480 e. The Morgan fingerprint density at radius 2 is 1.43 bits per heavy atom. The van der Waals surface area contributed by atoms with Crippen molar-refractivity contribution in [3.05, 3.63) is 0 Å². The van der Waals surface area contributed by atoms with Crippen LogP contribution in [0.3, 0.4) is 0 Å². The van der Waals surface area contributed by atoms with E-state index in [0.717, 1.165) is 23.8 Å². The number of nitriles is 1. The second-order valence-corrected chi connectivity index (χ2v) is 9.06. The first-order chi connectivity index (χ1) is 14.3. The Morgan fingerprint density at radius 1 is 0.933 bits per heavy atom. The van der Waals surface area contributed by atoms with Crippen molar-refractivity contribution in [3.8, 4) is 6.07 Å². The van der Waals surface area contributed by atoms with Crippen molar-refractivity contribution in [2.45, 2.75) is 89.3 Å². The van der Waals surface area contributed by atoms with Crippen LogP contribution < -0.4 is 10.6 Å².